The fraction of sp³-hybridized carbons (Fsp3) is 0.647. The number of rotatable bonds is 8. The molecular formula is C17H28N2. The zero-order chi connectivity index (χ0) is 13.7. The highest BCUT2D eigenvalue weighted by Gasteiger charge is 2.29. The zero-order valence-corrected chi connectivity index (χ0v) is 12.7. The zero-order valence-electron chi connectivity index (χ0n) is 12.7. The van der Waals surface area contributed by atoms with Gasteiger partial charge in [-0.25, -0.2) is 0 Å². The van der Waals surface area contributed by atoms with Crippen molar-refractivity contribution in [3.05, 3.63) is 35.4 Å². The lowest BCUT2D eigenvalue weighted by Gasteiger charge is -2.24. The lowest BCUT2D eigenvalue weighted by atomic mass is 10.1. The van der Waals surface area contributed by atoms with Gasteiger partial charge in [-0.1, -0.05) is 45.0 Å². The number of benzene rings is 1. The smallest absolute Gasteiger partial charge is 0.0236 e. The third-order valence-electron chi connectivity index (χ3n) is 3.62. The maximum absolute atomic E-state index is 3.40. The van der Waals surface area contributed by atoms with Crippen molar-refractivity contribution in [2.75, 3.05) is 13.1 Å². The van der Waals surface area contributed by atoms with Crippen LogP contribution in [0.4, 0.5) is 0 Å². The summed E-state index contributed by atoms with van der Waals surface area (Å²) in [6.45, 7) is 11.1. The Kier molecular flexibility index (Phi) is 5.41. The Bertz CT molecular complexity index is 383. The van der Waals surface area contributed by atoms with Gasteiger partial charge in [0.15, 0.2) is 0 Å². The summed E-state index contributed by atoms with van der Waals surface area (Å²) in [6.07, 6.45) is 2.79. The van der Waals surface area contributed by atoms with E-state index in [9.17, 15) is 0 Å². The lowest BCUT2D eigenvalue weighted by Crippen LogP contribution is -2.29. The van der Waals surface area contributed by atoms with Crippen LogP contribution in [0.2, 0.25) is 0 Å². The molecule has 1 fully saturated rings. The maximum atomic E-state index is 3.40. The Hall–Kier alpha value is -0.860. The molecule has 0 saturated heterocycles. The molecule has 0 radical (unpaired) electrons. The molecule has 1 aromatic rings. The maximum Gasteiger partial charge on any atom is 0.0236 e. The van der Waals surface area contributed by atoms with Gasteiger partial charge >= 0.3 is 0 Å². The van der Waals surface area contributed by atoms with E-state index in [0.29, 0.717) is 0 Å². The number of hydrogen-bond donors (Lipinski definition) is 1. The van der Waals surface area contributed by atoms with Gasteiger partial charge in [0, 0.05) is 25.7 Å². The number of nitrogens with zero attached hydrogens (tertiary/aromatic N) is 1. The lowest BCUT2D eigenvalue weighted by molar-refractivity contribution is 0.226. The van der Waals surface area contributed by atoms with Gasteiger partial charge in [-0.15, -0.1) is 0 Å². The summed E-state index contributed by atoms with van der Waals surface area (Å²) in [5.41, 5.74) is 2.86. The van der Waals surface area contributed by atoms with E-state index in [1.807, 2.05) is 0 Å². The van der Waals surface area contributed by atoms with Gasteiger partial charge in [-0.05, 0) is 36.4 Å². The molecule has 1 N–H and O–H groups in total. The van der Waals surface area contributed by atoms with Crippen molar-refractivity contribution in [1.29, 1.82) is 0 Å². The molecule has 0 aromatic heterocycles. The van der Waals surface area contributed by atoms with Crippen molar-refractivity contribution in [2.24, 2.45) is 5.92 Å². The number of nitrogens with one attached hydrogen (secondary N) is 1. The second-order valence-corrected chi connectivity index (χ2v) is 6.15. The normalized spacial score (nSPS) is 15.4. The van der Waals surface area contributed by atoms with Gasteiger partial charge < -0.3 is 5.32 Å². The van der Waals surface area contributed by atoms with E-state index < -0.39 is 0 Å². The van der Waals surface area contributed by atoms with Gasteiger partial charge in [-0.2, -0.15) is 0 Å². The predicted molar refractivity (Wildman–Crippen MR) is 82.1 cm³/mol. The molecule has 0 bridgehead atoms. The second kappa shape index (κ2) is 7.06. The first-order chi connectivity index (χ1) is 9.19. The largest absolute Gasteiger partial charge is 0.313 e. The monoisotopic (exact) mass is 260 g/mol. The minimum atomic E-state index is 0.755. The van der Waals surface area contributed by atoms with Gasteiger partial charge in [0.05, 0.1) is 0 Å². The Morgan fingerprint density at radius 2 is 2.00 bits per heavy atom. The minimum Gasteiger partial charge on any atom is -0.313 e. The summed E-state index contributed by atoms with van der Waals surface area (Å²) in [5.74, 6) is 0.755. The molecule has 0 atom stereocenters. The number of hydrogen-bond acceptors (Lipinski definition) is 2. The Labute approximate surface area is 118 Å². The van der Waals surface area contributed by atoms with E-state index >= 15 is 0 Å². The van der Waals surface area contributed by atoms with Crippen molar-refractivity contribution < 1.29 is 0 Å². The van der Waals surface area contributed by atoms with Crippen molar-refractivity contribution in [2.45, 2.75) is 52.7 Å². The van der Waals surface area contributed by atoms with E-state index in [-0.39, 0.29) is 0 Å². The van der Waals surface area contributed by atoms with Crippen LogP contribution < -0.4 is 5.32 Å². The SMILES string of the molecule is CCNCc1cccc(CN(CC(C)C)C2CC2)c1. The summed E-state index contributed by atoms with van der Waals surface area (Å²) in [5, 5.41) is 3.40. The molecule has 0 aliphatic heterocycles. The average molecular weight is 260 g/mol. The Morgan fingerprint density at radius 1 is 1.26 bits per heavy atom. The standard InChI is InChI=1S/C17H28N2/c1-4-18-11-15-6-5-7-16(10-15)13-19(12-14(2)3)17-8-9-17/h5-7,10,14,17-18H,4,8-9,11-13H2,1-3H3. The molecule has 1 saturated carbocycles. The molecule has 2 rings (SSSR count). The van der Waals surface area contributed by atoms with Gasteiger partial charge in [-0.3, -0.25) is 4.90 Å². The first-order valence-corrected chi connectivity index (χ1v) is 7.71. The Morgan fingerprint density at radius 3 is 2.63 bits per heavy atom. The average Bonchev–Trinajstić information content (AvgIpc) is 3.20. The summed E-state index contributed by atoms with van der Waals surface area (Å²) >= 11 is 0. The quantitative estimate of drug-likeness (QED) is 0.770. The predicted octanol–water partition coefficient (Wildman–Crippen LogP) is 3.42. The van der Waals surface area contributed by atoms with Crippen LogP contribution in [0.5, 0.6) is 0 Å². The van der Waals surface area contributed by atoms with Crippen molar-refractivity contribution in [3.8, 4) is 0 Å². The van der Waals surface area contributed by atoms with Crippen molar-refractivity contribution >= 4 is 0 Å². The van der Waals surface area contributed by atoms with Crippen LogP contribution in [-0.2, 0) is 13.1 Å². The van der Waals surface area contributed by atoms with E-state index in [0.717, 1.165) is 31.6 Å². The molecule has 1 aliphatic rings. The van der Waals surface area contributed by atoms with Crippen LogP contribution in [-0.4, -0.2) is 24.0 Å². The molecule has 2 heteroatoms. The highest BCUT2D eigenvalue weighted by molar-refractivity contribution is 5.23. The van der Waals surface area contributed by atoms with E-state index in [1.54, 1.807) is 0 Å². The summed E-state index contributed by atoms with van der Waals surface area (Å²) in [4.78, 5) is 2.66. The molecular weight excluding hydrogens is 232 g/mol. The summed E-state index contributed by atoms with van der Waals surface area (Å²) in [6, 6.07) is 9.89. The van der Waals surface area contributed by atoms with Gasteiger partial charge in [0.2, 0.25) is 0 Å². The van der Waals surface area contributed by atoms with Gasteiger partial charge in [0.25, 0.3) is 0 Å². The van der Waals surface area contributed by atoms with Crippen LogP contribution in [0.3, 0.4) is 0 Å². The van der Waals surface area contributed by atoms with Crippen LogP contribution in [0.25, 0.3) is 0 Å². The van der Waals surface area contributed by atoms with Crippen LogP contribution in [0, 0.1) is 5.92 Å². The van der Waals surface area contributed by atoms with E-state index in [1.165, 1.54) is 30.5 Å². The molecule has 2 nitrogen and oxygen atoms in total. The summed E-state index contributed by atoms with van der Waals surface area (Å²) < 4.78 is 0. The fourth-order valence-electron chi connectivity index (χ4n) is 2.59. The third kappa shape index (κ3) is 4.96. The van der Waals surface area contributed by atoms with Crippen LogP contribution >= 0.6 is 0 Å². The molecule has 1 aromatic carbocycles. The van der Waals surface area contributed by atoms with Gasteiger partial charge in [0.1, 0.15) is 0 Å². The van der Waals surface area contributed by atoms with Crippen molar-refractivity contribution in [1.82, 2.24) is 10.2 Å². The molecule has 0 amide bonds. The van der Waals surface area contributed by atoms with Crippen LogP contribution in [0.1, 0.15) is 44.7 Å². The molecule has 1 aliphatic carbocycles. The topological polar surface area (TPSA) is 15.3 Å². The molecule has 0 unspecified atom stereocenters. The molecule has 19 heavy (non-hydrogen) atoms. The highest BCUT2D eigenvalue weighted by Crippen LogP contribution is 2.29. The van der Waals surface area contributed by atoms with Crippen molar-refractivity contribution in [3.63, 3.8) is 0 Å². The van der Waals surface area contributed by atoms with E-state index in [2.05, 4.69) is 55.3 Å². The Balaban J connectivity index is 1.95. The summed E-state index contributed by atoms with van der Waals surface area (Å²) in [7, 11) is 0. The van der Waals surface area contributed by atoms with E-state index in [4.69, 9.17) is 0 Å². The second-order valence-electron chi connectivity index (χ2n) is 6.15. The molecule has 0 heterocycles. The molecule has 106 valence electrons. The fourth-order valence-corrected chi connectivity index (χ4v) is 2.59. The first kappa shape index (κ1) is 14.5. The van der Waals surface area contributed by atoms with Crippen LogP contribution in [0.15, 0.2) is 24.3 Å². The first-order valence-electron chi connectivity index (χ1n) is 7.71. The third-order valence-corrected chi connectivity index (χ3v) is 3.62. The highest BCUT2D eigenvalue weighted by atomic mass is 15.2. The minimum absolute atomic E-state index is 0.755. The molecule has 0 spiro atoms.